The predicted octanol–water partition coefficient (Wildman–Crippen LogP) is 3.21. The number of nitrogens with two attached hydrogens (primary N) is 1. The van der Waals surface area contributed by atoms with Crippen LogP contribution in [0.1, 0.15) is 51.8 Å². The summed E-state index contributed by atoms with van der Waals surface area (Å²) in [4.78, 5) is 4.25. The van der Waals surface area contributed by atoms with Gasteiger partial charge in [-0.25, -0.2) is 4.98 Å². The average molecular weight is 255 g/mol. The second-order valence-electron chi connectivity index (χ2n) is 4.56. The lowest BCUT2D eigenvalue weighted by molar-refractivity contribution is 0.448. The molecular formula is C13H25N3S. The van der Waals surface area contributed by atoms with Gasteiger partial charge < -0.3 is 10.3 Å². The van der Waals surface area contributed by atoms with Crippen LogP contribution < -0.4 is 5.73 Å². The zero-order valence-electron chi connectivity index (χ0n) is 11.4. The molecule has 0 aliphatic rings. The van der Waals surface area contributed by atoms with Gasteiger partial charge in [0.1, 0.15) is 0 Å². The fourth-order valence-corrected chi connectivity index (χ4v) is 2.96. The largest absolute Gasteiger partial charge is 0.332 e. The fraction of sp³-hybridized carbons (Fsp3) is 0.769. The van der Waals surface area contributed by atoms with Crippen LogP contribution in [0.5, 0.6) is 0 Å². The zero-order valence-corrected chi connectivity index (χ0v) is 12.3. The summed E-state index contributed by atoms with van der Waals surface area (Å²) >= 11 is 1.95. The number of hydrogen-bond acceptors (Lipinski definition) is 3. The predicted molar refractivity (Wildman–Crippen MR) is 76.3 cm³/mol. The molecule has 98 valence electrons. The Hall–Kier alpha value is -0.480. The molecule has 1 aromatic heterocycles. The van der Waals surface area contributed by atoms with Gasteiger partial charge in [0.25, 0.3) is 0 Å². The third-order valence-corrected chi connectivity index (χ3v) is 5.32. The third kappa shape index (κ3) is 3.26. The van der Waals surface area contributed by atoms with Crippen molar-refractivity contribution in [3.63, 3.8) is 0 Å². The van der Waals surface area contributed by atoms with E-state index in [0.29, 0.717) is 4.75 Å². The summed E-state index contributed by atoms with van der Waals surface area (Å²) in [5.41, 5.74) is 7.28. The van der Waals surface area contributed by atoms with Crippen LogP contribution in [0.25, 0.3) is 0 Å². The fourth-order valence-electron chi connectivity index (χ4n) is 2.12. The minimum Gasteiger partial charge on any atom is -0.332 e. The molecule has 3 nitrogen and oxygen atoms in total. The van der Waals surface area contributed by atoms with Crippen molar-refractivity contribution in [3.8, 4) is 0 Å². The van der Waals surface area contributed by atoms with Crippen LogP contribution in [0.15, 0.2) is 12.5 Å². The van der Waals surface area contributed by atoms with E-state index in [4.69, 9.17) is 5.73 Å². The van der Waals surface area contributed by atoms with Crippen LogP contribution in [-0.2, 0) is 6.54 Å². The smallest absolute Gasteiger partial charge is 0.0949 e. The van der Waals surface area contributed by atoms with E-state index in [1.165, 1.54) is 12.8 Å². The Bertz CT molecular complexity index is 323. The molecule has 4 heteroatoms. The summed E-state index contributed by atoms with van der Waals surface area (Å²) in [6.07, 6.45) is 9.32. The molecule has 0 radical (unpaired) electrons. The van der Waals surface area contributed by atoms with Gasteiger partial charge in [0.2, 0.25) is 0 Å². The van der Waals surface area contributed by atoms with Gasteiger partial charge in [0.05, 0.1) is 12.0 Å². The first-order valence-corrected chi connectivity index (χ1v) is 7.65. The van der Waals surface area contributed by atoms with Gasteiger partial charge in [0, 0.05) is 23.5 Å². The number of imidazole rings is 1. The Morgan fingerprint density at radius 2 is 2.06 bits per heavy atom. The first-order valence-electron chi connectivity index (χ1n) is 6.43. The molecule has 0 amide bonds. The quantitative estimate of drug-likeness (QED) is 0.813. The van der Waals surface area contributed by atoms with Crippen molar-refractivity contribution in [3.05, 3.63) is 18.2 Å². The summed E-state index contributed by atoms with van der Waals surface area (Å²) < 4.78 is 2.54. The van der Waals surface area contributed by atoms with Gasteiger partial charge in [-0.2, -0.15) is 11.8 Å². The van der Waals surface area contributed by atoms with Gasteiger partial charge in [0.15, 0.2) is 0 Å². The van der Waals surface area contributed by atoms with E-state index in [0.717, 1.165) is 18.7 Å². The van der Waals surface area contributed by atoms with E-state index < -0.39 is 0 Å². The summed E-state index contributed by atoms with van der Waals surface area (Å²) in [5.74, 6) is 0. The van der Waals surface area contributed by atoms with Crippen molar-refractivity contribution in [2.75, 3.05) is 6.26 Å². The first-order chi connectivity index (χ1) is 8.12. The molecule has 0 saturated heterocycles. The van der Waals surface area contributed by atoms with Crippen LogP contribution >= 0.6 is 11.8 Å². The molecule has 1 heterocycles. The highest BCUT2D eigenvalue weighted by Gasteiger charge is 2.26. The third-order valence-electron chi connectivity index (χ3n) is 3.74. The molecule has 0 aliphatic heterocycles. The van der Waals surface area contributed by atoms with Crippen LogP contribution in [-0.4, -0.2) is 20.6 Å². The molecule has 0 aromatic carbocycles. The number of thioether (sulfide) groups is 1. The highest BCUT2D eigenvalue weighted by molar-refractivity contribution is 8.00. The summed E-state index contributed by atoms with van der Waals surface area (Å²) in [6.45, 7) is 7.64. The molecular weight excluding hydrogens is 230 g/mol. The Labute approximate surface area is 109 Å². The lowest BCUT2D eigenvalue weighted by Gasteiger charge is -2.31. The number of hydrogen-bond donors (Lipinski definition) is 1. The second-order valence-corrected chi connectivity index (χ2v) is 5.83. The molecule has 0 bridgehead atoms. The summed E-state index contributed by atoms with van der Waals surface area (Å²) in [5, 5.41) is 0. The minimum absolute atomic E-state index is 0.103. The summed E-state index contributed by atoms with van der Waals surface area (Å²) in [6, 6.07) is 0.103. The van der Waals surface area contributed by atoms with Gasteiger partial charge in [-0.3, -0.25) is 0 Å². The van der Waals surface area contributed by atoms with Crippen LogP contribution in [0.3, 0.4) is 0 Å². The van der Waals surface area contributed by atoms with Gasteiger partial charge in [-0.15, -0.1) is 0 Å². The molecule has 17 heavy (non-hydrogen) atoms. The minimum atomic E-state index is 0.103. The van der Waals surface area contributed by atoms with Crippen molar-refractivity contribution in [2.24, 2.45) is 5.73 Å². The lowest BCUT2D eigenvalue weighted by Crippen LogP contribution is -2.30. The maximum absolute atomic E-state index is 6.12. The van der Waals surface area contributed by atoms with E-state index in [1.807, 2.05) is 24.3 Å². The van der Waals surface area contributed by atoms with Crippen LogP contribution in [0.4, 0.5) is 0 Å². The standard InChI is InChI=1S/C13H25N3S/c1-5-11(14)12-8-15-10-16(12)9-13(6-2,7-3)17-4/h8,10-11H,5-7,9,14H2,1-4H3/t11-/m1/s1. The highest BCUT2D eigenvalue weighted by Crippen LogP contribution is 2.33. The SMILES string of the molecule is CC[C@@H](N)c1cncn1CC(CC)(CC)SC. The molecule has 0 saturated carbocycles. The summed E-state index contributed by atoms with van der Waals surface area (Å²) in [7, 11) is 0. The molecule has 0 fully saturated rings. The van der Waals surface area contributed by atoms with Crippen molar-refractivity contribution in [1.82, 2.24) is 9.55 Å². The molecule has 1 atom stereocenters. The van der Waals surface area contributed by atoms with E-state index in [9.17, 15) is 0 Å². The van der Waals surface area contributed by atoms with Crippen LogP contribution in [0.2, 0.25) is 0 Å². The Morgan fingerprint density at radius 1 is 1.41 bits per heavy atom. The van der Waals surface area contributed by atoms with Crippen molar-refractivity contribution >= 4 is 11.8 Å². The van der Waals surface area contributed by atoms with E-state index in [2.05, 4.69) is 36.6 Å². The highest BCUT2D eigenvalue weighted by atomic mass is 32.2. The lowest BCUT2D eigenvalue weighted by atomic mass is 10.0. The number of aromatic nitrogens is 2. The molecule has 2 N–H and O–H groups in total. The zero-order chi connectivity index (χ0) is 12.9. The van der Waals surface area contributed by atoms with Gasteiger partial charge in [-0.1, -0.05) is 20.8 Å². The number of rotatable bonds is 7. The Kier molecular flexibility index (Phi) is 5.53. The first kappa shape index (κ1) is 14.6. The molecule has 0 spiro atoms. The molecule has 0 aliphatic carbocycles. The molecule has 1 rings (SSSR count). The van der Waals surface area contributed by atoms with E-state index >= 15 is 0 Å². The topological polar surface area (TPSA) is 43.8 Å². The van der Waals surface area contributed by atoms with Crippen molar-refractivity contribution in [1.29, 1.82) is 0 Å². The number of nitrogens with zero attached hydrogens (tertiary/aromatic N) is 2. The monoisotopic (exact) mass is 255 g/mol. The maximum atomic E-state index is 6.12. The second kappa shape index (κ2) is 6.45. The Morgan fingerprint density at radius 3 is 2.53 bits per heavy atom. The van der Waals surface area contributed by atoms with Gasteiger partial charge in [-0.05, 0) is 25.5 Å². The van der Waals surface area contributed by atoms with Gasteiger partial charge >= 0.3 is 0 Å². The Balaban J connectivity index is 2.90. The van der Waals surface area contributed by atoms with E-state index in [1.54, 1.807) is 0 Å². The maximum Gasteiger partial charge on any atom is 0.0949 e. The van der Waals surface area contributed by atoms with Crippen molar-refractivity contribution in [2.45, 2.75) is 57.4 Å². The molecule has 0 unspecified atom stereocenters. The van der Waals surface area contributed by atoms with Crippen molar-refractivity contribution < 1.29 is 0 Å². The van der Waals surface area contributed by atoms with E-state index in [-0.39, 0.29) is 6.04 Å². The van der Waals surface area contributed by atoms with Crippen LogP contribution in [0, 0.1) is 0 Å². The molecule has 1 aromatic rings. The average Bonchev–Trinajstić information content (AvgIpc) is 2.83. The normalized spacial score (nSPS) is 13.9.